The quantitative estimate of drug-likeness (QED) is 0.211. The van der Waals surface area contributed by atoms with Crippen molar-refractivity contribution in [3.05, 3.63) is 90.0 Å². The van der Waals surface area contributed by atoms with E-state index in [9.17, 15) is 13.2 Å². The van der Waals surface area contributed by atoms with Crippen LogP contribution in [0.1, 0.15) is 16.7 Å². The number of hydrogen-bond donors (Lipinski definition) is 1. The van der Waals surface area contributed by atoms with Gasteiger partial charge in [-0.3, -0.25) is 9.10 Å². The van der Waals surface area contributed by atoms with Crippen LogP contribution in [0.3, 0.4) is 0 Å². The van der Waals surface area contributed by atoms with E-state index in [4.69, 9.17) is 14.2 Å². The van der Waals surface area contributed by atoms with Gasteiger partial charge in [0.15, 0.2) is 11.5 Å². The third kappa shape index (κ3) is 6.92. The number of aryl methyl sites for hydroxylation is 2. The Bertz CT molecular complexity index is 1420. The summed E-state index contributed by atoms with van der Waals surface area (Å²) in [5, 5.41) is 3.99. The van der Waals surface area contributed by atoms with Crippen LogP contribution in [0, 0.1) is 13.8 Å². The van der Waals surface area contributed by atoms with Gasteiger partial charge in [0, 0.05) is 0 Å². The molecule has 0 aliphatic rings. The van der Waals surface area contributed by atoms with Crippen molar-refractivity contribution >= 4 is 27.8 Å². The van der Waals surface area contributed by atoms with Gasteiger partial charge in [-0.15, -0.1) is 0 Å². The van der Waals surface area contributed by atoms with Crippen molar-refractivity contribution in [2.45, 2.75) is 18.7 Å². The van der Waals surface area contributed by atoms with Gasteiger partial charge in [-0.1, -0.05) is 36.4 Å². The average Bonchev–Trinajstić information content (AvgIpc) is 2.91. The molecule has 9 nitrogen and oxygen atoms in total. The number of hydrogen-bond acceptors (Lipinski definition) is 7. The van der Waals surface area contributed by atoms with Crippen LogP contribution in [0.5, 0.6) is 17.2 Å². The largest absolute Gasteiger partial charge is 0.495 e. The number of anilines is 1. The molecule has 0 saturated carbocycles. The fourth-order valence-electron chi connectivity index (χ4n) is 3.51. The van der Waals surface area contributed by atoms with Gasteiger partial charge in [0.2, 0.25) is 0 Å². The number of methoxy groups -OCH3 is 2. The van der Waals surface area contributed by atoms with Crippen LogP contribution in [0.15, 0.2) is 83.3 Å². The number of rotatable bonds is 12. The summed E-state index contributed by atoms with van der Waals surface area (Å²) in [6.07, 6.45) is 3.04. The van der Waals surface area contributed by atoms with Crippen molar-refractivity contribution in [1.82, 2.24) is 5.43 Å². The molecule has 10 heteroatoms. The van der Waals surface area contributed by atoms with Gasteiger partial charge >= 0.3 is 0 Å². The van der Waals surface area contributed by atoms with E-state index >= 15 is 0 Å². The van der Waals surface area contributed by atoms with Crippen molar-refractivity contribution in [1.29, 1.82) is 0 Å². The molecule has 1 amide bonds. The zero-order valence-corrected chi connectivity index (χ0v) is 22.6. The highest BCUT2D eigenvalue weighted by atomic mass is 32.2. The smallest absolute Gasteiger partial charge is 0.264 e. The van der Waals surface area contributed by atoms with Crippen LogP contribution < -0.4 is 23.9 Å². The molecule has 0 atom stereocenters. The van der Waals surface area contributed by atoms with Crippen molar-refractivity contribution in [2.75, 3.05) is 31.7 Å². The fraction of sp³-hybridized carbons (Fsp3) is 0.214. The summed E-state index contributed by atoms with van der Waals surface area (Å²) in [7, 11) is -1.15. The van der Waals surface area contributed by atoms with E-state index in [0.29, 0.717) is 29.4 Å². The first-order valence-electron chi connectivity index (χ1n) is 11.7. The van der Waals surface area contributed by atoms with Gasteiger partial charge in [-0.05, 0) is 67.4 Å². The lowest BCUT2D eigenvalue weighted by Gasteiger charge is -2.25. The first-order valence-corrected chi connectivity index (χ1v) is 13.1. The highest BCUT2D eigenvalue weighted by molar-refractivity contribution is 7.92. The lowest BCUT2D eigenvalue weighted by atomic mass is 10.2. The van der Waals surface area contributed by atoms with E-state index in [0.717, 1.165) is 15.4 Å². The maximum Gasteiger partial charge on any atom is 0.264 e. The summed E-state index contributed by atoms with van der Waals surface area (Å²) in [5.41, 5.74) is 4.99. The zero-order valence-electron chi connectivity index (χ0n) is 21.8. The number of ether oxygens (including phenoxy) is 3. The first-order chi connectivity index (χ1) is 18.2. The number of nitrogens with one attached hydrogen (secondary N) is 1. The Kier molecular flexibility index (Phi) is 9.50. The summed E-state index contributed by atoms with van der Waals surface area (Å²) in [6.45, 7) is 7.11. The van der Waals surface area contributed by atoms with E-state index in [1.807, 2.05) is 13.8 Å². The molecular formula is C28H31N3O6S. The maximum absolute atomic E-state index is 13.7. The summed E-state index contributed by atoms with van der Waals surface area (Å²) in [5.74, 6) is 0.702. The summed E-state index contributed by atoms with van der Waals surface area (Å²) < 4.78 is 44.6. The molecule has 0 aromatic heterocycles. The Balaban J connectivity index is 1.86. The lowest BCUT2D eigenvalue weighted by Crippen LogP contribution is -2.39. The lowest BCUT2D eigenvalue weighted by molar-refractivity contribution is -0.119. The molecule has 200 valence electrons. The second-order valence-electron chi connectivity index (χ2n) is 8.30. The molecule has 1 N–H and O–H groups in total. The molecule has 0 unspecified atom stereocenters. The zero-order chi connectivity index (χ0) is 27.7. The molecule has 0 spiro atoms. The number of amides is 1. The highest BCUT2D eigenvalue weighted by Gasteiger charge is 2.29. The fourth-order valence-corrected chi connectivity index (χ4v) is 4.93. The van der Waals surface area contributed by atoms with Gasteiger partial charge in [-0.25, -0.2) is 13.8 Å². The van der Waals surface area contributed by atoms with Gasteiger partial charge in [0.25, 0.3) is 15.9 Å². The van der Waals surface area contributed by atoms with Gasteiger partial charge in [-0.2, -0.15) is 5.10 Å². The standard InChI is InChI=1S/C28H31N3O6S/c1-6-15-37-26-14-10-22(17-27(26)36-5)18-29-30-28(32)19-31(24-16-21(3)9-13-25(24)35-4)38(33,34)23-11-7-20(2)8-12-23/h6-14,16-18H,1,15,19H2,2-5H3,(H,30,32)/b29-18-. The van der Waals surface area contributed by atoms with Gasteiger partial charge < -0.3 is 14.2 Å². The van der Waals surface area contributed by atoms with Crippen LogP contribution in [-0.4, -0.2) is 47.9 Å². The molecule has 3 rings (SSSR count). The van der Waals surface area contributed by atoms with E-state index in [1.165, 1.54) is 32.6 Å². The van der Waals surface area contributed by atoms with E-state index in [2.05, 4.69) is 17.1 Å². The van der Waals surface area contributed by atoms with E-state index in [-0.39, 0.29) is 10.6 Å². The summed E-state index contributed by atoms with van der Waals surface area (Å²) >= 11 is 0. The number of benzene rings is 3. The Morgan fingerprint density at radius 2 is 1.61 bits per heavy atom. The number of carbonyl (C=O) groups excluding carboxylic acids is 1. The summed E-state index contributed by atoms with van der Waals surface area (Å²) in [6, 6.07) is 16.7. The third-order valence-corrected chi connectivity index (χ3v) is 7.22. The van der Waals surface area contributed by atoms with Crippen LogP contribution in [0.25, 0.3) is 0 Å². The summed E-state index contributed by atoms with van der Waals surface area (Å²) in [4.78, 5) is 13.0. The average molecular weight is 538 g/mol. The Hall–Kier alpha value is -4.31. The topological polar surface area (TPSA) is 107 Å². The normalized spacial score (nSPS) is 11.2. The van der Waals surface area contributed by atoms with Crippen molar-refractivity contribution in [2.24, 2.45) is 5.10 Å². The van der Waals surface area contributed by atoms with Crippen LogP contribution in [0.4, 0.5) is 5.69 Å². The molecule has 0 aliphatic heterocycles. The molecule has 0 radical (unpaired) electrons. The number of carbonyl (C=O) groups is 1. The molecule has 0 saturated heterocycles. The minimum atomic E-state index is -4.11. The van der Waals surface area contributed by atoms with E-state index in [1.54, 1.807) is 54.6 Å². The maximum atomic E-state index is 13.7. The molecule has 3 aromatic rings. The molecule has 0 bridgehead atoms. The van der Waals surface area contributed by atoms with Crippen molar-refractivity contribution in [3.8, 4) is 17.2 Å². The predicted octanol–water partition coefficient (Wildman–Crippen LogP) is 4.23. The van der Waals surface area contributed by atoms with Gasteiger partial charge in [0.1, 0.15) is 18.9 Å². The van der Waals surface area contributed by atoms with E-state index < -0.39 is 22.5 Å². The highest BCUT2D eigenvalue weighted by Crippen LogP contribution is 2.33. The minimum absolute atomic E-state index is 0.0498. The van der Waals surface area contributed by atoms with Gasteiger partial charge in [0.05, 0.1) is 31.0 Å². The second kappa shape index (κ2) is 12.8. The molecule has 0 aliphatic carbocycles. The molecule has 0 heterocycles. The molecule has 3 aromatic carbocycles. The molecule has 38 heavy (non-hydrogen) atoms. The van der Waals surface area contributed by atoms with Crippen molar-refractivity contribution < 1.29 is 27.4 Å². The Morgan fingerprint density at radius 1 is 0.947 bits per heavy atom. The third-order valence-electron chi connectivity index (χ3n) is 5.45. The van der Waals surface area contributed by atoms with Crippen molar-refractivity contribution in [3.63, 3.8) is 0 Å². The number of sulfonamides is 1. The second-order valence-corrected chi connectivity index (χ2v) is 10.2. The Morgan fingerprint density at radius 3 is 2.26 bits per heavy atom. The number of nitrogens with zero attached hydrogens (tertiary/aromatic N) is 2. The molecular weight excluding hydrogens is 506 g/mol. The molecule has 0 fully saturated rings. The first kappa shape index (κ1) is 28.3. The number of hydrazone groups is 1. The SMILES string of the molecule is C=CCOc1ccc(/C=N\NC(=O)CN(c2cc(C)ccc2OC)S(=O)(=O)c2ccc(C)cc2)cc1OC. The predicted molar refractivity (Wildman–Crippen MR) is 148 cm³/mol. The Labute approximate surface area is 223 Å². The minimum Gasteiger partial charge on any atom is -0.495 e. The van der Waals surface area contributed by atoms with Crippen LogP contribution in [0.2, 0.25) is 0 Å². The van der Waals surface area contributed by atoms with Crippen LogP contribution in [-0.2, 0) is 14.8 Å². The monoisotopic (exact) mass is 537 g/mol. The van der Waals surface area contributed by atoms with Crippen LogP contribution >= 0.6 is 0 Å².